The van der Waals surface area contributed by atoms with Crippen molar-refractivity contribution in [1.82, 2.24) is 5.32 Å². The second kappa shape index (κ2) is 55.2. The van der Waals surface area contributed by atoms with Gasteiger partial charge in [0.15, 0.2) is 0 Å². The van der Waals surface area contributed by atoms with Crippen LogP contribution in [-0.2, 0) is 14.3 Å². The Morgan fingerprint density at radius 3 is 1.14 bits per heavy atom. The Morgan fingerprint density at radius 1 is 0.415 bits per heavy atom. The van der Waals surface area contributed by atoms with Gasteiger partial charge in [-0.15, -0.1) is 0 Å². The minimum atomic E-state index is -0.672. The Kier molecular flexibility index (Phi) is 54.0. The molecule has 1 amide bonds. The first-order valence-corrected chi connectivity index (χ1v) is 29.4. The summed E-state index contributed by atoms with van der Waals surface area (Å²) >= 11 is 0. The smallest absolute Gasteiger partial charge is 0.305 e. The number of aliphatic hydroxyl groups excluding tert-OH is 2. The highest BCUT2D eigenvalue weighted by molar-refractivity contribution is 5.76. The minimum Gasteiger partial charge on any atom is -0.466 e. The highest BCUT2D eigenvalue weighted by atomic mass is 16.5. The number of carbonyl (C=O) groups is 2. The van der Waals surface area contributed by atoms with Crippen LogP contribution in [0.4, 0.5) is 0 Å². The zero-order valence-electron chi connectivity index (χ0n) is 44.0. The average molecular weight is 919 g/mol. The van der Waals surface area contributed by atoms with Crippen LogP contribution in [0.2, 0.25) is 0 Å². The van der Waals surface area contributed by atoms with Crippen molar-refractivity contribution < 1.29 is 24.5 Å². The van der Waals surface area contributed by atoms with Crippen LogP contribution in [0.1, 0.15) is 328 Å². The van der Waals surface area contributed by atoms with Crippen molar-refractivity contribution in [3.05, 3.63) is 12.2 Å². The Labute approximate surface area is 406 Å². The monoisotopic (exact) mass is 918 g/mol. The lowest BCUT2D eigenvalue weighted by Gasteiger charge is -2.22. The molecule has 0 aromatic rings. The van der Waals surface area contributed by atoms with Crippen LogP contribution in [0.15, 0.2) is 12.2 Å². The van der Waals surface area contributed by atoms with Crippen LogP contribution in [0.25, 0.3) is 0 Å². The number of hydrogen-bond donors (Lipinski definition) is 3. The molecule has 65 heavy (non-hydrogen) atoms. The molecule has 0 fully saturated rings. The molecule has 0 bridgehead atoms. The Morgan fingerprint density at radius 2 is 0.738 bits per heavy atom. The molecule has 0 aliphatic heterocycles. The maximum absolute atomic E-state index is 12.5. The number of unbranched alkanes of at least 4 members (excludes halogenated alkanes) is 42. The molecular weight excluding hydrogens is 803 g/mol. The number of esters is 1. The Hall–Kier alpha value is -1.40. The fraction of sp³-hybridized carbons (Fsp3) is 0.932. The maximum Gasteiger partial charge on any atom is 0.305 e. The van der Waals surface area contributed by atoms with Crippen LogP contribution in [0.5, 0.6) is 0 Å². The molecule has 0 heterocycles. The van der Waals surface area contributed by atoms with E-state index in [9.17, 15) is 19.8 Å². The number of nitrogens with one attached hydrogen (secondary N) is 1. The van der Waals surface area contributed by atoms with Crippen LogP contribution >= 0.6 is 0 Å². The van der Waals surface area contributed by atoms with Crippen molar-refractivity contribution in [3.63, 3.8) is 0 Å². The molecule has 0 aromatic heterocycles. The van der Waals surface area contributed by atoms with Gasteiger partial charge in [0.25, 0.3) is 0 Å². The van der Waals surface area contributed by atoms with Crippen molar-refractivity contribution in [2.24, 2.45) is 0 Å². The first kappa shape index (κ1) is 63.6. The van der Waals surface area contributed by atoms with Crippen molar-refractivity contribution in [2.75, 3.05) is 13.2 Å². The van der Waals surface area contributed by atoms with Gasteiger partial charge in [0.1, 0.15) is 0 Å². The summed E-state index contributed by atoms with van der Waals surface area (Å²) < 4.78 is 5.45. The van der Waals surface area contributed by atoms with Gasteiger partial charge in [-0.2, -0.15) is 0 Å². The van der Waals surface area contributed by atoms with Gasteiger partial charge in [-0.05, 0) is 44.9 Å². The van der Waals surface area contributed by atoms with Gasteiger partial charge in [0, 0.05) is 12.8 Å². The summed E-state index contributed by atoms with van der Waals surface area (Å²) in [5.41, 5.74) is 0. The highest BCUT2D eigenvalue weighted by Crippen LogP contribution is 2.18. The molecule has 3 N–H and O–H groups in total. The molecule has 0 aliphatic carbocycles. The second-order valence-corrected chi connectivity index (χ2v) is 20.3. The van der Waals surface area contributed by atoms with E-state index in [1.807, 2.05) is 0 Å². The summed E-state index contributed by atoms with van der Waals surface area (Å²) in [6.45, 7) is 4.91. The van der Waals surface area contributed by atoms with Gasteiger partial charge in [0.05, 0.1) is 25.4 Å². The number of hydrogen-bond acceptors (Lipinski definition) is 5. The normalized spacial score (nSPS) is 12.6. The standard InChI is InChI=1S/C59H115NO5/c1-3-5-7-9-11-13-15-16-17-18-19-20-21-22-23-24-25-28-32-35-39-43-47-51-57(62)56(55-61)60-58(63)52-48-44-40-36-33-29-26-27-30-34-38-42-46-50-54-65-59(64)53-49-45-41-37-31-14-12-10-8-6-4-2/h10,12,56-57,61-62H,3-9,11,13-55H2,1-2H3,(H,60,63)/b12-10-. The van der Waals surface area contributed by atoms with Gasteiger partial charge >= 0.3 is 5.97 Å². The molecule has 2 unspecified atom stereocenters. The topological polar surface area (TPSA) is 95.9 Å². The molecule has 0 saturated carbocycles. The summed E-state index contributed by atoms with van der Waals surface area (Å²) in [5.74, 6) is -0.0544. The summed E-state index contributed by atoms with van der Waals surface area (Å²) in [7, 11) is 0. The zero-order valence-corrected chi connectivity index (χ0v) is 44.0. The SMILES string of the molecule is CCCC/C=C\CCCCCCCC(=O)OCCCCCCCCCCCCCCCCC(=O)NC(CO)C(O)CCCCCCCCCCCCCCCCCCCCCCCCC. The van der Waals surface area contributed by atoms with Crippen LogP contribution in [0, 0.1) is 0 Å². The average Bonchev–Trinajstić information content (AvgIpc) is 3.31. The van der Waals surface area contributed by atoms with Gasteiger partial charge < -0.3 is 20.3 Å². The van der Waals surface area contributed by atoms with Crippen LogP contribution < -0.4 is 5.32 Å². The van der Waals surface area contributed by atoms with Gasteiger partial charge in [-0.25, -0.2) is 0 Å². The third-order valence-corrected chi connectivity index (χ3v) is 13.8. The molecule has 2 atom stereocenters. The first-order valence-electron chi connectivity index (χ1n) is 29.4. The number of rotatable bonds is 55. The number of amides is 1. The van der Waals surface area contributed by atoms with Crippen LogP contribution in [-0.4, -0.2) is 47.4 Å². The molecule has 6 heteroatoms. The third-order valence-electron chi connectivity index (χ3n) is 13.8. The molecule has 0 spiro atoms. The molecule has 0 radical (unpaired) electrons. The van der Waals surface area contributed by atoms with E-state index in [1.165, 1.54) is 244 Å². The summed E-state index contributed by atoms with van der Waals surface area (Å²) in [6.07, 6.45) is 64.9. The molecule has 0 aliphatic rings. The lowest BCUT2D eigenvalue weighted by Crippen LogP contribution is -2.45. The summed E-state index contributed by atoms with van der Waals surface area (Å²) in [6, 6.07) is -0.550. The van der Waals surface area contributed by atoms with Crippen molar-refractivity contribution in [2.45, 2.75) is 341 Å². The second-order valence-electron chi connectivity index (χ2n) is 20.3. The molecule has 0 rings (SSSR count). The number of aliphatic hydroxyl groups is 2. The van der Waals surface area contributed by atoms with E-state index >= 15 is 0 Å². The van der Waals surface area contributed by atoms with Crippen molar-refractivity contribution >= 4 is 11.9 Å². The fourth-order valence-corrected chi connectivity index (χ4v) is 9.27. The lowest BCUT2D eigenvalue weighted by atomic mass is 10.0. The fourth-order valence-electron chi connectivity index (χ4n) is 9.27. The largest absolute Gasteiger partial charge is 0.466 e. The predicted molar refractivity (Wildman–Crippen MR) is 283 cm³/mol. The highest BCUT2D eigenvalue weighted by Gasteiger charge is 2.20. The predicted octanol–water partition coefficient (Wildman–Crippen LogP) is 18.1. The Bertz CT molecular complexity index is 970. The molecule has 386 valence electrons. The van der Waals surface area contributed by atoms with Crippen molar-refractivity contribution in [1.29, 1.82) is 0 Å². The van der Waals surface area contributed by atoms with E-state index in [0.717, 1.165) is 51.4 Å². The lowest BCUT2D eigenvalue weighted by molar-refractivity contribution is -0.143. The van der Waals surface area contributed by atoms with Gasteiger partial charge in [-0.1, -0.05) is 283 Å². The van der Waals surface area contributed by atoms with E-state index in [4.69, 9.17) is 4.74 Å². The van der Waals surface area contributed by atoms with Crippen LogP contribution in [0.3, 0.4) is 0 Å². The molecule has 6 nitrogen and oxygen atoms in total. The summed E-state index contributed by atoms with van der Waals surface area (Å²) in [4.78, 5) is 24.5. The number of ether oxygens (including phenoxy) is 1. The van der Waals surface area contributed by atoms with E-state index in [0.29, 0.717) is 25.9 Å². The minimum absolute atomic E-state index is 0.0122. The molecule has 0 saturated heterocycles. The first-order chi connectivity index (χ1) is 32.0. The maximum atomic E-state index is 12.5. The quantitative estimate of drug-likeness (QED) is 0.0321. The Balaban J connectivity index is 3.44. The third kappa shape index (κ3) is 51.8. The number of allylic oxidation sites excluding steroid dienone is 2. The van der Waals surface area contributed by atoms with Crippen molar-refractivity contribution in [3.8, 4) is 0 Å². The van der Waals surface area contributed by atoms with Gasteiger partial charge in [0.2, 0.25) is 5.91 Å². The molecular formula is C59H115NO5. The number of carbonyl (C=O) groups excluding carboxylic acids is 2. The van der Waals surface area contributed by atoms with E-state index < -0.39 is 12.1 Å². The van der Waals surface area contributed by atoms with E-state index in [2.05, 4.69) is 31.3 Å². The zero-order chi connectivity index (χ0) is 47.2. The van der Waals surface area contributed by atoms with E-state index in [1.54, 1.807) is 0 Å². The summed E-state index contributed by atoms with van der Waals surface area (Å²) in [5, 5.41) is 23.4. The molecule has 0 aromatic carbocycles. The van der Waals surface area contributed by atoms with E-state index in [-0.39, 0.29) is 18.5 Å². The van der Waals surface area contributed by atoms with Gasteiger partial charge in [-0.3, -0.25) is 9.59 Å².